The number of phosphoric acid groups is 1. The van der Waals surface area contributed by atoms with Gasteiger partial charge in [0.05, 0.1) is 6.10 Å². The van der Waals surface area contributed by atoms with Crippen LogP contribution in [-0.2, 0) is 15.0 Å². The molecule has 43 heavy (non-hydrogen) atoms. The van der Waals surface area contributed by atoms with Gasteiger partial charge < -0.3 is 13.9 Å². The van der Waals surface area contributed by atoms with Crippen LogP contribution < -0.4 is 39.0 Å². The summed E-state index contributed by atoms with van der Waals surface area (Å²) in [5, 5.41) is 0. The summed E-state index contributed by atoms with van der Waals surface area (Å²) in [5.41, 5.74) is -2.53. The van der Waals surface area contributed by atoms with Gasteiger partial charge in [0.2, 0.25) is 0 Å². The average molecular weight is 674 g/mol. The van der Waals surface area contributed by atoms with Crippen LogP contribution in [0.1, 0.15) is 49.8 Å². The molecular weight excluding hydrogens is 653 g/mol. The molecule has 0 N–H and O–H groups in total. The second kappa shape index (κ2) is 13.9. The van der Waals surface area contributed by atoms with E-state index < -0.39 is 55.3 Å². The number of phosphoric ester groups is 1. The molecule has 0 fully saturated rings. The Bertz CT molecular complexity index is 1230. The van der Waals surface area contributed by atoms with Gasteiger partial charge in [-0.15, -0.1) is 0 Å². The minimum atomic E-state index is -8.02. The third-order valence-corrected chi connectivity index (χ3v) is 6.81. The van der Waals surface area contributed by atoms with Crippen molar-refractivity contribution in [2.24, 2.45) is 0 Å². The Balaban J connectivity index is 0.00000924. The zero-order valence-electron chi connectivity index (χ0n) is 22.1. The first-order valence-corrected chi connectivity index (χ1v) is 13.2. The summed E-state index contributed by atoms with van der Waals surface area (Å²) in [4.78, 5) is 12.4. The molecule has 238 valence electrons. The van der Waals surface area contributed by atoms with E-state index >= 15 is 0 Å². The first kappa shape index (κ1) is 39.5. The van der Waals surface area contributed by atoms with Crippen molar-refractivity contribution in [1.82, 2.24) is 0 Å². The van der Waals surface area contributed by atoms with Crippen molar-refractivity contribution >= 4 is 7.82 Å². The van der Waals surface area contributed by atoms with E-state index in [2.05, 4.69) is 0 Å². The molecule has 2 unspecified atom stereocenters. The largest absolute Gasteiger partial charge is 1.00 e. The molecule has 0 saturated heterocycles. The maximum Gasteiger partial charge on any atom is 1.00 e. The van der Waals surface area contributed by atoms with E-state index in [-0.39, 0.29) is 65.8 Å². The first-order chi connectivity index (χ1) is 19.0. The van der Waals surface area contributed by atoms with Crippen molar-refractivity contribution in [3.8, 4) is 5.75 Å². The maximum absolute atomic E-state index is 14.5. The molecule has 0 radical (unpaired) electrons. The number of rotatable bonds is 14. The summed E-state index contributed by atoms with van der Waals surface area (Å²) in [5.74, 6) is -37.9. The van der Waals surface area contributed by atoms with Crippen LogP contribution in [0.5, 0.6) is 5.75 Å². The molecule has 0 spiro atoms. The van der Waals surface area contributed by atoms with E-state index in [0.29, 0.717) is 25.0 Å². The average Bonchev–Trinajstić information content (AvgIpc) is 2.87. The Kier molecular flexibility index (Phi) is 12.7. The van der Waals surface area contributed by atoms with Crippen LogP contribution in [0.25, 0.3) is 0 Å². The number of hydrogen-bond acceptors (Lipinski definition) is 4. The van der Waals surface area contributed by atoms with Crippen LogP contribution in [-0.4, -0.2) is 29.9 Å². The molecule has 0 saturated carbocycles. The van der Waals surface area contributed by atoms with E-state index in [9.17, 15) is 66.5 Å². The third kappa shape index (κ3) is 8.01. The van der Waals surface area contributed by atoms with Gasteiger partial charge in [-0.05, 0) is 24.1 Å². The molecular formula is C24H21F13NaO4P. The van der Waals surface area contributed by atoms with Crippen molar-refractivity contribution in [1.29, 1.82) is 0 Å². The molecule has 2 rings (SSSR count). The SMILES string of the molecule is CCCCCC(OP(=O)([O-])Oc1ccccc1)c1ccc(C(F)(F)C(F)(F)C(F)(F)C(F)(F)C(F)(F)C(F)(F)F)cc1.[Na+]. The molecule has 0 bridgehead atoms. The van der Waals surface area contributed by atoms with Crippen LogP contribution >= 0.6 is 7.82 Å². The fourth-order valence-corrected chi connectivity index (χ4v) is 4.47. The van der Waals surface area contributed by atoms with Gasteiger partial charge in [0.25, 0.3) is 0 Å². The second-order valence-electron chi connectivity index (χ2n) is 8.93. The standard InChI is InChI=1S/C24H22F13O4P.Na/c1-2-3-5-10-18(41-42(38,39)40-17-8-6-4-7-9-17)15-11-13-16(14-12-15)19(25,26)20(27,28)21(29,30)22(31,32)23(33,34)24(35,36)37;/h4,6-9,11-14,18H,2-3,5,10H2,1H3,(H,38,39);/q;+1/p-1. The summed E-state index contributed by atoms with van der Waals surface area (Å²) in [6.07, 6.45) is -7.81. The van der Waals surface area contributed by atoms with E-state index in [1.807, 2.05) is 0 Å². The van der Waals surface area contributed by atoms with Crippen LogP contribution in [0.3, 0.4) is 0 Å². The Hall–Kier alpha value is -1.52. The number of alkyl halides is 13. The van der Waals surface area contributed by atoms with Crippen molar-refractivity contribution < 1.29 is 105 Å². The van der Waals surface area contributed by atoms with Gasteiger partial charge in [-0.3, -0.25) is 4.57 Å². The summed E-state index contributed by atoms with van der Waals surface area (Å²) in [7, 11) is -5.19. The Morgan fingerprint density at radius 1 is 0.721 bits per heavy atom. The Morgan fingerprint density at radius 3 is 1.67 bits per heavy atom. The second-order valence-corrected chi connectivity index (χ2v) is 10.2. The van der Waals surface area contributed by atoms with Gasteiger partial charge >= 0.3 is 73.2 Å². The molecule has 0 amide bonds. The Morgan fingerprint density at radius 2 is 1.21 bits per heavy atom. The number of unbranched alkanes of at least 4 members (excludes halogenated alkanes) is 2. The predicted molar refractivity (Wildman–Crippen MR) is 119 cm³/mol. The topological polar surface area (TPSA) is 58.6 Å². The third-order valence-electron chi connectivity index (χ3n) is 5.87. The van der Waals surface area contributed by atoms with Gasteiger partial charge in [0, 0.05) is 5.56 Å². The molecule has 0 aliphatic carbocycles. The van der Waals surface area contributed by atoms with E-state index in [4.69, 9.17) is 9.05 Å². The van der Waals surface area contributed by atoms with Gasteiger partial charge in [-0.25, -0.2) is 0 Å². The number of halogens is 13. The van der Waals surface area contributed by atoms with E-state index in [1.165, 1.54) is 30.3 Å². The molecule has 0 aliphatic heterocycles. The zero-order valence-corrected chi connectivity index (χ0v) is 25.0. The van der Waals surface area contributed by atoms with Crippen molar-refractivity contribution in [3.05, 3.63) is 65.7 Å². The van der Waals surface area contributed by atoms with Crippen molar-refractivity contribution in [2.75, 3.05) is 0 Å². The normalized spacial score (nSPS) is 15.8. The van der Waals surface area contributed by atoms with Gasteiger partial charge in [0.15, 0.2) is 0 Å². The molecule has 0 aliphatic rings. The van der Waals surface area contributed by atoms with Gasteiger partial charge in [-0.1, -0.05) is 68.7 Å². The molecule has 2 atom stereocenters. The molecule has 0 heterocycles. The van der Waals surface area contributed by atoms with Crippen molar-refractivity contribution in [2.45, 2.75) is 74.5 Å². The fraction of sp³-hybridized carbons (Fsp3) is 0.500. The predicted octanol–water partition coefficient (Wildman–Crippen LogP) is 6.07. The monoisotopic (exact) mass is 674 g/mol. The smallest absolute Gasteiger partial charge is 0.746 e. The Labute approximate surface area is 258 Å². The van der Waals surface area contributed by atoms with Crippen LogP contribution in [0, 0.1) is 0 Å². The number of benzene rings is 2. The minimum Gasteiger partial charge on any atom is -0.746 e. The first-order valence-electron chi connectivity index (χ1n) is 11.8. The molecule has 2 aromatic rings. The summed E-state index contributed by atoms with van der Waals surface area (Å²) in [6, 6.07) is 7.65. The zero-order chi connectivity index (χ0) is 32.4. The van der Waals surface area contributed by atoms with Gasteiger partial charge in [-0.2, -0.15) is 57.1 Å². The van der Waals surface area contributed by atoms with Crippen LogP contribution in [0.4, 0.5) is 57.1 Å². The molecule has 19 heteroatoms. The van der Waals surface area contributed by atoms with Crippen LogP contribution in [0.2, 0.25) is 0 Å². The number of hydrogen-bond donors (Lipinski definition) is 0. The fourth-order valence-electron chi connectivity index (χ4n) is 3.51. The molecule has 0 aromatic heterocycles. The molecule has 4 nitrogen and oxygen atoms in total. The summed E-state index contributed by atoms with van der Waals surface area (Å²) in [6.45, 7) is 1.76. The maximum atomic E-state index is 14.5. The number of para-hydroxylation sites is 1. The van der Waals surface area contributed by atoms with E-state index in [1.54, 1.807) is 6.92 Å². The molecule has 2 aromatic carbocycles. The van der Waals surface area contributed by atoms with Crippen molar-refractivity contribution in [3.63, 3.8) is 0 Å². The summed E-state index contributed by atoms with van der Waals surface area (Å²) >= 11 is 0. The minimum absolute atomic E-state index is 0. The summed E-state index contributed by atoms with van der Waals surface area (Å²) < 4.78 is 197. The van der Waals surface area contributed by atoms with Crippen LogP contribution in [0.15, 0.2) is 54.6 Å². The quantitative estimate of drug-likeness (QED) is 0.106. The van der Waals surface area contributed by atoms with E-state index in [0.717, 1.165) is 0 Å². The van der Waals surface area contributed by atoms with Gasteiger partial charge in [0.1, 0.15) is 5.75 Å².